The van der Waals surface area contributed by atoms with Crippen LogP contribution >= 0.6 is 11.5 Å². The normalized spacial score (nSPS) is 21.0. The minimum absolute atomic E-state index is 0.143. The van der Waals surface area contributed by atoms with Gasteiger partial charge in [0.2, 0.25) is 0 Å². The maximum absolute atomic E-state index is 5.67. The summed E-state index contributed by atoms with van der Waals surface area (Å²) in [6.45, 7) is 3.10. The molecule has 1 fully saturated rings. The predicted octanol–water partition coefficient (Wildman–Crippen LogP) is 1.46. The van der Waals surface area contributed by atoms with Crippen LogP contribution in [0, 0.1) is 0 Å². The van der Waals surface area contributed by atoms with Crippen molar-refractivity contribution in [2.24, 2.45) is 5.73 Å². The quantitative estimate of drug-likeness (QED) is 0.875. The zero-order chi connectivity index (χ0) is 11.7. The Morgan fingerprint density at radius 1 is 1.47 bits per heavy atom. The Bertz CT molecular complexity index is 513. The predicted molar refractivity (Wildman–Crippen MR) is 70.6 cm³/mol. The van der Waals surface area contributed by atoms with Crippen LogP contribution in [0.3, 0.4) is 0 Å². The average molecular weight is 249 g/mol. The van der Waals surface area contributed by atoms with Gasteiger partial charge in [0.05, 0.1) is 18.2 Å². The van der Waals surface area contributed by atoms with Crippen LogP contribution in [-0.2, 0) is 4.74 Å². The molecule has 1 saturated heterocycles. The second kappa shape index (κ2) is 4.60. The number of nitrogens with two attached hydrogens (primary N) is 1. The molecule has 1 unspecified atom stereocenters. The lowest BCUT2D eigenvalue weighted by molar-refractivity contribution is 0.0469. The molecule has 5 heteroatoms. The maximum Gasteiger partial charge on any atom is 0.120 e. The van der Waals surface area contributed by atoms with Crippen LogP contribution in [0.5, 0.6) is 0 Å². The maximum atomic E-state index is 5.67. The summed E-state index contributed by atoms with van der Waals surface area (Å²) >= 11 is 1.56. The van der Waals surface area contributed by atoms with Gasteiger partial charge >= 0.3 is 0 Å². The van der Waals surface area contributed by atoms with Crippen molar-refractivity contribution in [1.82, 2.24) is 4.37 Å². The molecule has 0 radical (unpaired) electrons. The molecule has 1 aromatic carbocycles. The molecular formula is C12H15N3OS. The zero-order valence-corrected chi connectivity index (χ0v) is 10.3. The van der Waals surface area contributed by atoms with E-state index < -0.39 is 0 Å². The highest BCUT2D eigenvalue weighted by molar-refractivity contribution is 7.11. The van der Waals surface area contributed by atoms with Crippen molar-refractivity contribution in [3.63, 3.8) is 0 Å². The van der Waals surface area contributed by atoms with Gasteiger partial charge in [0.25, 0.3) is 0 Å². The minimum atomic E-state index is 0.143. The Morgan fingerprint density at radius 3 is 3.24 bits per heavy atom. The third-order valence-electron chi connectivity index (χ3n) is 3.05. The van der Waals surface area contributed by atoms with E-state index in [1.165, 1.54) is 10.4 Å². The molecule has 4 nitrogen and oxygen atoms in total. The van der Waals surface area contributed by atoms with Crippen molar-refractivity contribution in [1.29, 1.82) is 0 Å². The van der Waals surface area contributed by atoms with Gasteiger partial charge in [0, 0.05) is 25.0 Å². The molecule has 1 aliphatic heterocycles. The first-order valence-electron chi connectivity index (χ1n) is 5.79. The molecule has 0 amide bonds. The molecule has 1 aliphatic rings. The number of morpholine rings is 1. The van der Waals surface area contributed by atoms with Crippen LogP contribution in [0.15, 0.2) is 24.3 Å². The summed E-state index contributed by atoms with van der Waals surface area (Å²) in [5.41, 5.74) is 6.74. The molecule has 2 N–H and O–H groups in total. The molecule has 1 atom stereocenters. The molecule has 0 bridgehead atoms. The lowest BCUT2D eigenvalue weighted by Gasteiger charge is -2.32. The highest BCUT2D eigenvalue weighted by Crippen LogP contribution is 2.31. The lowest BCUT2D eigenvalue weighted by atomic mass is 10.2. The molecule has 2 heterocycles. The summed E-state index contributed by atoms with van der Waals surface area (Å²) in [5, 5.41) is 2.47. The number of aromatic nitrogens is 1. The van der Waals surface area contributed by atoms with Gasteiger partial charge in [-0.1, -0.05) is 12.1 Å². The van der Waals surface area contributed by atoms with E-state index >= 15 is 0 Å². The highest BCUT2D eigenvalue weighted by Gasteiger charge is 2.22. The largest absolute Gasteiger partial charge is 0.373 e. The first kappa shape index (κ1) is 11.0. The van der Waals surface area contributed by atoms with Gasteiger partial charge in [-0.3, -0.25) is 0 Å². The van der Waals surface area contributed by atoms with Gasteiger partial charge in [-0.15, -0.1) is 0 Å². The van der Waals surface area contributed by atoms with Crippen molar-refractivity contribution in [3.05, 3.63) is 24.3 Å². The van der Waals surface area contributed by atoms with Crippen LogP contribution in [0.2, 0.25) is 0 Å². The molecular weight excluding hydrogens is 234 g/mol. The minimum Gasteiger partial charge on any atom is -0.373 e. The first-order valence-corrected chi connectivity index (χ1v) is 6.57. The average Bonchev–Trinajstić information content (AvgIpc) is 2.82. The van der Waals surface area contributed by atoms with Crippen LogP contribution in [0.1, 0.15) is 0 Å². The summed E-state index contributed by atoms with van der Waals surface area (Å²) in [5.74, 6) is 0. The van der Waals surface area contributed by atoms with Crippen molar-refractivity contribution >= 4 is 27.4 Å². The van der Waals surface area contributed by atoms with Gasteiger partial charge in [0.15, 0.2) is 0 Å². The van der Waals surface area contributed by atoms with Crippen molar-refractivity contribution in [3.8, 4) is 0 Å². The molecule has 3 rings (SSSR count). The van der Waals surface area contributed by atoms with Crippen molar-refractivity contribution < 1.29 is 4.74 Å². The molecule has 90 valence electrons. The fraction of sp³-hybridized carbons (Fsp3) is 0.417. The first-order chi connectivity index (χ1) is 8.38. The van der Waals surface area contributed by atoms with Crippen LogP contribution in [-0.4, -0.2) is 36.7 Å². The van der Waals surface area contributed by atoms with E-state index in [0.717, 1.165) is 25.2 Å². The van der Waals surface area contributed by atoms with Gasteiger partial charge in [-0.25, -0.2) is 0 Å². The Morgan fingerprint density at radius 2 is 2.35 bits per heavy atom. The van der Waals surface area contributed by atoms with Crippen molar-refractivity contribution in [2.75, 3.05) is 31.1 Å². The number of benzene rings is 1. The number of hydrogen-bond donors (Lipinski definition) is 1. The van der Waals surface area contributed by atoms with E-state index in [4.69, 9.17) is 10.5 Å². The van der Waals surface area contributed by atoms with E-state index in [2.05, 4.69) is 27.5 Å². The highest BCUT2D eigenvalue weighted by atomic mass is 32.1. The molecule has 17 heavy (non-hydrogen) atoms. The third-order valence-corrected chi connectivity index (χ3v) is 3.99. The summed E-state index contributed by atoms with van der Waals surface area (Å²) in [7, 11) is 0. The molecule has 0 saturated carbocycles. The smallest absolute Gasteiger partial charge is 0.120 e. The molecule has 2 aromatic rings. The van der Waals surface area contributed by atoms with Crippen LogP contribution in [0.4, 0.5) is 5.00 Å². The third kappa shape index (κ3) is 2.01. The standard InChI is InChI=1S/C12H15N3OS/c13-7-9-8-15(5-6-16-9)12-10-3-1-2-4-11(10)14-17-12/h1-4,9H,5-8,13H2. The number of hydrogen-bond acceptors (Lipinski definition) is 5. The van der Waals surface area contributed by atoms with Crippen molar-refractivity contribution in [2.45, 2.75) is 6.10 Å². The number of ether oxygens (including phenoxy) is 1. The van der Waals surface area contributed by atoms with Gasteiger partial charge in [-0.05, 0) is 23.7 Å². The fourth-order valence-electron chi connectivity index (χ4n) is 2.15. The van der Waals surface area contributed by atoms with E-state index in [-0.39, 0.29) is 6.10 Å². The van der Waals surface area contributed by atoms with Crippen LogP contribution < -0.4 is 10.6 Å². The zero-order valence-electron chi connectivity index (χ0n) is 9.50. The molecule has 1 aromatic heterocycles. The Kier molecular flexibility index (Phi) is 2.96. The van der Waals surface area contributed by atoms with E-state index in [1.807, 2.05) is 6.07 Å². The monoisotopic (exact) mass is 249 g/mol. The van der Waals surface area contributed by atoms with E-state index in [0.29, 0.717) is 6.54 Å². The number of rotatable bonds is 2. The topological polar surface area (TPSA) is 51.4 Å². The lowest BCUT2D eigenvalue weighted by Crippen LogP contribution is -2.45. The van der Waals surface area contributed by atoms with Gasteiger partial charge in [-0.2, -0.15) is 4.37 Å². The summed E-state index contributed by atoms with van der Waals surface area (Å²) in [4.78, 5) is 2.33. The summed E-state index contributed by atoms with van der Waals surface area (Å²) < 4.78 is 10.1. The van der Waals surface area contributed by atoms with Gasteiger partial charge < -0.3 is 15.4 Å². The number of nitrogens with zero attached hydrogens (tertiary/aromatic N) is 2. The summed E-state index contributed by atoms with van der Waals surface area (Å²) in [6.07, 6.45) is 0.143. The van der Waals surface area contributed by atoms with Crippen LogP contribution in [0.25, 0.3) is 10.9 Å². The Balaban J connectivity index is 1.92. The fourth-order valence-corrected chi connectivity index (χ4v) is 3.05. The van der Waals surface area contributed by atoms with E-state index in [1.54, 1.807) is 11.5 Å². The number of fused-ring (bicyclic) bond motifs is 1. The Labute approximate surface area is 104 Å². The second-order valence-electron chi connectivity index (χ2n) is 4.18. The summed E-state index contributed by atoms with van der Waals surface area (Å²) in [6, 6.07) is 8.26. The molecule has 0 spiro atoms. The van der Waals surface area contributed by atoms with E-state index in [9.17, 15) is 0 Å². The molecule has 0 aliphatic carbocycles. The second-order valence-corrected chi connectivity index (χ2v) is 4.93. The Hall–Kier alpha value is -1.17. The number of anilines is 1. The SMILES string of the molecule is NCC1CN(c2snc3ccccc23)CCO1. The van der Waals surface area contributed by atoms with Gasteiger partial charge in [0.1, 0.15) is 5.00 Å².